The predicted molar refractivity (Wildman–Crippen MR) is 140 cm³/mol. The van der Waals surface area contributed by atoms with Gasteiger partial charge >= 0.3 is 5.97 Å². The van der Waals surface area contributed by atoms with Crippen LogP contribution in [0.3, 0.4) is 0 Å². The SMILES string of the molecule is COc1ccc(-c2nc3c(s2)CN(C(C(=O)O)c2c[nH]c4cc(NC(=O)C(C)C)ccc24)CC3)cc1. The van der Waals surface area contributed by atoms with Gasteiger partial charge in [-0.15, -0.1) is 11.3 Å². The van der Waals surface area contributed by atoms with Gasteiger partial charge in [-0.3, -0.25) is 14.5 Å². The van der Waals surface area contributed by atoms with Crippen molar-refractivity contribution in [3.05, 3.63) is 64.8 Å². The highest BCUT2D eigenvalue weighted by atomic mass is 32.1. The average Bonchev–Trinajstić information content (AvgIpc) is 3.48. The lowest BCUT2D eigenvalue weighted by Crippen LogP contribution is -2.37. The Kier molecular flexibility index (Phi) is 6.51. The van der Waals surface area contributed by atoms with Crippen LogP contribution in [0.5, 0.6) is 5.75 Å². The van der Waals surface area contributed by atoms with Gasteiger partial charge in [0, 0.05) is 64.2 Å². The molecule has 2 aromatic heterocycles. The van der Waals surface area contributed by atoms with Crippen LogP contribution < -0.4 is 10.1 Å². The maximum absolute atomic E-state index is 12.5. The van der Waals surface area contributed by atoms with E-state index in [0.717, 1.165) is 37.8 Å². The molecule has 1 amide bonds. The van der Waals surface area contributed by atoms with Crippen molar-refractivity contribution in [1.29, 1.82) is 0 Å². The highest BCUT2D eigenvalue weighted by Crippen LogP contribution is 2.37. The number of anilines is 1. The number of aliphatic carboxylic acids is 1. The molecule has 4 aromatic rings. The number of H-pyrrole nitrogens is 1. The van der Waals surface area contributed by atoms with Crippen molar-refractivity contribution in [2.75, 3.05) is 19.0 Å². The van der Waals surface area contributed by atoms with Gasteiger partial charge < -0.3 is 20.1 Å². The molecule has 0 saturated carbocycles. The molecule has 0 fully saturated rings. The number of aromatic nitrogens is 2. The molecule has 0 saturated heterocycles. The summed E-state index contributed by atoms with van der Waals surface area (Å²) in [5, 5.41) is 14.9. The number of fused-ring (bicyclic) bond motifs is 2. The molecule has 0 aliphatic carbocycles. The minimum Gasteiger partial charge on any atom is -0.497 e. The zero-order valence-corrected chi connectivity index (χ0v) is 21.2. The lowest BCUT2D eigenvalue weighted by molar-refractivity contribution is -0.144. The topological polar surface area (TPSA) is 108 Å². The van der Waals surface area contributed by atoms with Crippen LogP contribution >= 0.6 is 11.3 Å². The summed E-state index contributed by atoms with van der Waals surface area (Å²) in [6.45, 7) is 4.80. The van der Waals surface area contributed by atoms with Crippen molar-refractivity contribution < 1.29 is 19.4 Å². The van der Waals surface area contributed by atoms with E-state index >= 15 is 0 Å². The molecule has 1 aliphatic heterocycles. The van der Waals surface area contributed by atoms with E-state index in [1.54, 1.807) is 24.6 Å². The van der Waals surface area contributed by atoms with Crippen LogP contribution in [0.2, 0.25) is 0 Å². The van der Waals surface area contributed by atoms with Crippen molar-refractivity contribution >= 4 is 39.8 Å². The third-order valence-corrected chi connectivity index (χ3v) is 7.63. The van der Waals surface area contributed by atoms with E-state index in [9.17, 15) is 14.7 Å². The summed E-state index contributed by atoms with van der Waals surface area (Å²) in [4.78, 5) is 35.7. The number of ether oxygens (including phenoxy) is 1. The number of rotatable bonds is 7. The molecule has 186 valence electrons. The van der Waals surface area contributed by atoms with E-state index in [-0.39, 0.29) is 11.8 Å². The van der Waals surface area contributed by atoms with E-state index in [1.807, 2.05) is 61.2 Å². The Hall–Kier alpha value is -3.69. The highest BCUT2D eigenvalue weighted by Gasteiger charge is 2.33. The number of carboxylic acid groups (broad SMARTS) is 1. The molecule has 5 rings (SSSR count). The Balaban J connectivity index is 1.40. The molecular formula is C27H28N4O4S. The normalized spacial score (nSPS) is 14.6. The maximum Gasteiger partial charge on any atom is 0.325 e. The van der Waals surface area contributed by atoms with Gasteiger partial charge in [0.25, 0.3) is 0 Å². The van der Waals surface area contributed by atoms with E-state index in [1.165, 1.54) is 0 Å². The van der Waals surface area contributed by atoms with Crippen LogP contribution in [-0.4, -0.2) is 45.5 Å². The second-order valence-electron chi connectivity index (χ2n) is 9.23. The summed E-state index contributed by atoms with van der Waals surface area (Å²) in [7, 11) is 1.64. The fourth-order valence-corrected chi connectivity index (χ4v) is 5.66. The molecule has 1 unspecified atom stereocenters. The number of carbonyl (C=O) groups excluding carboxylic acids is 1. The molecule has 0 radical (unpaired) electrons. The van der Waals surface area contributed by atoms with Gasteiger partial charge in [-0.2, -0.15) is 0 Å². The smallest absolute Gasteiger partial charge is 0.325 e. The standard InChI is InChI=1S/C27H28N4O4S/c1-15(2)25(32)29-17-6-9-19-20(13-28-22(19)12-17)24(27(33)34)31-11-10-21-23(14-31)36-26(30-21)16-4-7-18(35-3)8-5-16/h4-9,12-13,15,24,28H,10-11,14H2,1-3H3,(H,29,32)(H,33,34). The third kappa shape index (κ3) is 4.59. The minimum absolute atomic E-state index is 0.0628. The number of aromatic amines is 1. The molecule has 0 bridgehead atoms. The Morgan fingerprint density at radius 1 is 1.19 bits per heavy atom. The zero-order chi connectivity index (χ0) is 25.4. The van der Waals surface area contributed by atoms with Gasteiger partial charge in [0.15, 0.2) is 0 Å². The number of amides is 1. The van der Waals surface area contributed by atoms with E-state index in [4.69, 9.17) is 9.72 Å². The van der Waals surface area contributed by atoms with Gasteiger partial charge in [0.1, 0.15) is 16.8 Å². The summed E-state index contributed by atoms with van der Waals surface area (Å²) in [5.41, 5.74) is 4.24. The van der Waals surface area contributed by atoms with Gasteiger partial charge in [-0.25, -0.2) is 4.98 Å². The minimum atomic E-state index is -0.892. The van der Waals surface area contributed by atoms with Crippen LogP contribution in [0.15, 0.2) is 48.7 Å². The monoisotopic (exact) mass is 504 g/mol. The second kappa shape index (κ2) is 9.75. The maximum atomic E-state index is 12.5. The van der Waals surface area contributed by atoms with Crippen molar-refractivity contribution in [3.8, 4) is 16.3 Å². The first-order valence-corrected chi connectivity index (χ1v) is 12.7. The van der Waals surface area contributed by atoms with Gasteiger partial charge in [-0.1, -0.05) is 19.9 Å². The number of nitrogens with zero attached hydrogens (tertiary/aromatic N) is 2. The Morgan fingerprint density at radius 2 is 1.97 bits per heavy atom. The van der Waals surface area contributed by atoms with Gasteiger partial charge in [0.2, 0.25) is 5.91 Å². The van der Waals surface area contributed by atoms with E-state index in [0.29, 0.717) is 30.8 Å². The highest BCUT2D eigenvalue weighted by molar-refractivity contribution is 7.15. The Labute approximate surface area is 212 Å². The predicted octanol–water partition coefficient (Wildman–Crippen LogP) is 5.08. The summed E-state index contributed by atoms with van der Waals surface area (Å²) in [6.07, 6.45) is 2.46. The number of methoxy groups -OCH3 is 1. The first-order chi connectivity index (χ1) is 17.3. The van der Waals surface area contributed by atoms with E-state index < -0.39 is 12.0 Å². The molecule has 9 heteroatoms. The lowest BCUT2D eigenvalue weighted by Gasteiger charge is -2.31. The van der Waals surface area contributed by atoms with Crippen LogP contribution in [0, 0.1) is 5.92 Å². The number of hydrogen-bond donors (Lipinski definition) is 3. The third-order valence-electron chi connectivity index (χ3n) is 6.50. The van der Waals surface area contributed by atoms with Gasteiger partial charge in [0.05, 0.1) is 12.8 Å². The fourth-order valence-electron chi connectivity index (χ4n) is 4.52. The fraction of sp³-hybridized carbons (Fsp3) is 0.296. The number of carboxylic acids is 1. The molecule has 3 N–H and O–H groups in total. The first-order valence-electron chi connectivity index (χ1n) is 11.9. The summed E-state index contributed by atoms with van der Waals surface area (Å²) < 4.78 is 5.25. The van der Waals surface area contributed by atoms with Crippen molar-refractivity contribution in [2.24, 2.45) is 5.92 Å². The van der Waals surface area contributed by atoms with Crippen molar-refractivity contribution in [3.63, 3.8) is 0 Å². The molecule has 36 heavy (non-hydrogen) atoms. The van der Waals surface area contributed by atoms with E-state index in [2.05, 4.69) is 10.3 Å². The second-order valence-corrected chi connectivity index (χ2v) is 10.3. The molecule has 3 heterocycles. The zero-order valence-electron chi connectivity index (χ0n) is 20.4. The van der Waals surface area contributed by atoms with Crippen molar-refractivity contribution in [1.82, 2.24) is 14.9 Å². The van der Waals surface area contributed by atoms with Gasteiger partial charge in [-0.05, 0) is 36.4 Å². The molecule has 1 atom stereocenters. The molecular weight excluding hydrogens is 476 g/mol. The lowest BCUT2D eigenvalue weighted by atomic mass is 10.0. The quantitative estimate of drug-likeness (QED) is 0.324. The Morgan fingerprint density at radius 3 is 2.67 bits per heavy atom. The largest absolute Gasteiger partial charge is 0.497 e. The van der Waals surface area contributed by atoms with Crippen LogP contribution in [0.1, 0.15) is 36.0 Å². The molecule has 1 aliphatic rings. The molecule has 8 nitrogen and oxygen atoms in total. The first kappa shape index (κ1) is 24.0. The summed E-state index contributed by atoms with van der Waals surface area (Å²) in [6, 6.07) is 12.5. The number of nitrogens with one attached hydrogen (secondary N) is 2. The number of carbonyl (C=O) groups is 2. The number of benzene rings is 2. The average molecular weight is 505 g/mol. The van der Waals surface area contributed by atoms with Crippen LogP contribution in [0.4, 0.5) is 5.69 Å². The van der Waals surface area contributed by atoms with Crippen LogP contribution in [0.25, 0.3) is 21.5 Å². The Bertz CT molecular complexity index is 1420. The number of thiazole rings is 1. The molecule has 2 aromatic carbocycles. The summed E-state index contributed by atoms with van der Waals surface area (Å²) >= 11 is 1.61. The van der Waals surface area contributed by atoms with Crippen molar-refractivity contribution in [2.45, 2.75) is 32.9 Å². The summed E-state index contributed by atoms with van der Waals surface area (Å²) in [5.74, 6) is -0.287. The van der Waals surface area contributed by atoms with Crippen LogP contribution in [-0.2, 0) is 22.6 Å². The molecule has 0 spiro atoms. The number of hydrogen-bond acceptors (Lipinski definition) is 6.